The Morgan fingerprint density at radius 1 is 1.47 bits per heavy atom. The number of ether oxygens (including phenoxy) is 1. The summed E-state index contributed by atoms with van der Waals surface area (Å²) in [5.41, 5.74) is 2.17. The van der Waals surface area contributed by atoms with Crippen molar-refractivity contribution < 1.29 is 4.74 Å². The average molecular weight is 339 g/mol. The van der Waals surface area contributed by atoms with Crippen LogP contribution in [0.2, 0.25) is 0 Å². The molecule has 1 saturated heterocycles. The number of morpholine rings is 1. The molecule has 0 spiro atoms. The number of thiazole rings is 1. The van der Waals surface area contributed by atoms with Crippen LogP contribution in [0, 0.1) is 0 Å². The van der Waals surface area contributed by atoms with Crippen molar-refractivity contribution in [1.29, 1.82) is 0 Å². The molecule has 3 nitrogen and oxygen atoms in total. The number of aromatic nitrogens is 1. The lowest BCUT2D eigenvalue weighted by Gasteiger charge is -2.28. The van der Waals surface area contributed by atoms with E-state index in [1.807, 2.05) is 12.1 Å². The molecule has 2 heterocycles. The van der Waals surface area contributed by atoms with Crippen molar-refractivity contribution in [2.75, 3.05) is 26.7 Å². The van der Waals surface area contributed by atoms with Gasteiger partial charge in [-0.3, -0.25) is 0 Å². The number of likely N-dealkylation sites (N-methyl/N-ethyl adjacent to an activating group) is 1. The highest BCUT2D eigenvalue weighted by Crippen LogP contribution is 2.30. The number of benzene rings is 1. The fourth-order valence-corrected chi connectivity index (χ4v) is 3.41. The molecule has 1 atom stereocenters. The fourth-order valence-electron chi connectivity index (χ4n) is 2.14. The Balaban J connectivity index is 1.83. The Kier molecular flexibility index (Phi) is 3.98. The second-order valence-electron chi connectivity index (χ2n) is 4.70. The van der Waals surface area contributed by atoms with Gasteiger partial charge in [0, 0.05) is 28.5 Å². The predicted molar refractivity (Wildman–Crippen MR) is 81.4 cm³/mol. The highest BCUT2D eigenvalue weighted by molar-refractivity contribution is 9.10. The minimum atomic E-state index is 0.115. The van der Waals surface area contributed by atoms with Crippen LogP contribution in [0.5, 0.6) is 0 Å². The molecule has 1 fully saturated rings. The summed E-state index contributed by atoms with van der Waals surface area (Å²) in [7, 11) is 2.12. The summed E-state index contributed by atoms with van der Waals surface area (Å²) in [4.78, 5) is 7.01. The highest BCUT2D eigenvalue weighted by atomic mass is 79.9. The van der Waals surface area contributed by atoms with E-state index < -0.39 is 0 Å². The first-order valence-corrected chi connectivity index (χ1v) is 7.91. The summed E-state index contributed by atoms with van der Waals surface area (Å²) >= 11 is 5.18. The van der Waals surface area contributed by atoms with Crippen LogP contribution in [0.15, 0.2) is 34.1 Å². The molecule has 0 radical (unpaired) electrons. The molecule has 0 saturated carbocycles. The van der Waals surface area contributed by atoms with Gasteiger partial charge in [0.2, 0.25) is 0 Å². The maximum atomic E-state index is 5.80. The third kappa shape index (κ3) is 3.05. The van der Waals surface area contributed by atoms with Crippen LogP contribution >= 0.6 is 27.3 Å². The monoisotopic (exact) mass is 338 g/mol. The minimum absolute atomic E-state index is 0.115. The van der Waals surface area contributed by atoms with Gasteiger partial charge in [-0.05, 0) is 19.2 Å². The summed E-state index contributed by atoms with van der Waals surface area (Å²) < 4.78 is 6.88. The quantitative estimate of drug-likeness (QED) is 0.836. The molecule has 3 rings (SSSR count). The average Bonchev–Trinajstić information content (AvgIpc) is 2.88. The number of rotatable bonds is 2. The zero-order valence-corrected chi connectivity index (χ0v) is 13.1. The van der Waals surface area contributed by atoms with Crippen molar-refractivity contribution in [3.05, 3.63) is 39.1 Å². The molecule has 19 heavy (non-hydrogen) atoms. The van der Waals surface area contributed by atoms with Crippen molar-refractivity contribution in [3.63, 3.8) is 0 Å². The zero-order chi connectivity index (χ0) is 13.2. The Morgan fingerprint density at radius 3 is 3.16 bits per heavy atom. The third-order valence-corrected chi connectivity index (χ3v) is 4.62. The van der Waals surface area contributed by atoms with Crippen LogP contribution in [-0.4, -0.2) is 36.6 Å². The number of halogens is 1. The largest absolute Gasteiger partial charge is 0.368 e. The van der Waals surface area contributed by atoms with E-state index in [4.69, 9.17) is 9.72 Å². The molecule has 2 aromatic rings. The van der Waals surface area contributed by atoms with Gasteiger partial charge in [-0.25, -0.2) is 4.98 Å². The Bertz CT molecular complexity index is 572. The molecule has 100 valence electrons. The van der Waals surface area contributed by atoms with Crippen LogP contribution in [0.1, 0.15) is 11.1 Å². The standard InChI is InChI=1S/C14H15BrN2OS/c1-17-5-6-18-13(8-17)14-16-12(9-19-14)10-3-2-4-11(15)7-10/h2-4,7,9,13H,5-6,8H2,1H3. The van der Waals surface area contributed by atoms with Crippen LogP contribution in [-0.2, 0) is 4.74 Å². The topological polar surface area (TPSA) is 25.4 Å². The first-order valence-electron chi connectivity index (χ1n) is 6.24. The third-order valence-electron chi connectivity index (χ3n) is 3.19. The van der Waals surface area contributed by atoms with Gasteiger partial charge < -0.3 is 9.64 Å². The van der Waals surface area contributed by atoms with Crippen molar-refractivity contribution in [1.82, 2.24) is 9.88 Å². The summed E-state index contributed by atoms with van der Waals surface area (Å²) in [6, 6.07) is 8.23. The molecule has 1 aliphatic rings. The van der Waals surface area contributed by atoms with E-state index >= 15 is 0 Å². The van der Waals surface area contributed by atoms with Crippen LogP contribution in [0.3, 0.4) is 0 Å². The molecule has 0 N–H and O–H groups in total. The van der Waals surface area contributed by atoms with Crippen molar-refractivity contribution in [3.8, 4) is 11.3 Å². The van der Waals surface area contributed by atoms with Crippen molar-refractivity contribution in [2.24, 2.45) is 0 Å². The second-order valence-corrected chi connectivity index (χ2v) is 6.51. The number of hydrogen-bond acceptors (Lipinski definition) is 4. The lowest BCUT2D eigenvalue weighted by molar-refractivity contribution is -0.0209. The molecule has 5 heteroatoms. The van der Waals surface area contributed by atoms with E-state index in [9.17, 15) is 0 Å². The predicted octanol–water partition coefficient (Wildman–Crippen LogP) is 3.58. The second kappa shape index (κ2) is 5.71. The highest BCUT2D eigenvalue weighted by Gasteiger charge is 2.22. The van der Waals surface area contributed by atoms with E-state index in [0.29, 0.717) is 0 Å². The summed E-state index contributed by atoms with van der Waals surface area (Å²) in [6.45, 7) is 2.71. The summed E-state index contributed by atoms with van der Waals surface area (Å²) in [5, 5.41) is 3.18. The van der Waals surface area contributed by atoms with Gasteiger partial charge in [-0.15, -0.1) is 11.3 Å². The smallest absolute Gasteiger partial charge is 0.124 e. The van der Waals surface area contributed by atoms with Gasteiger partial charge in [0.25, 0.3) is 0 Å². The molecule has 1 aromatic heterocycles. The van der Waals surface area contributed by atoms with Gasteiger partial charge in [0.1, 0.15) is 11.1 Å². The Labute approximate surface area is 125 Å². The molecule has 1 aromatic carbocycles. The number of nitrogens with zero attached hydrogens (tertiary/aromatic N) is 2. The summed E-state index contributed by atoms with van der Waals surface area (Å²) in [5.74, 6) is 0. The molecule has 1 aliphatic heterocycles. The summed E-state index contributed by atoms with van der Waals surface area (Å²) in [6.07, 6.45) is 0.115. The fraction of sp³-hybridized carbons (Fsp3) is 0.357. The van der Waals surface area contributed by atoms with Gasteiger partial charge in [-0.2, -0.15) is 0 Å². The zero-order valence-electron chi connectivity index (χ0n) is 10.7. The van der Waals surface area contributed by atoms with Gasteiger partial charge >= 0.3 is 0 Å². The molecule has 1 unspecified atom stereocenters. The van der Waals surface area contributed by atoms with Crippen LogP contribution in [0.25, 0.3) is 11.3 Å². The lowest BCUT2D eigenvalue weighted by Crippen LogP contribution is -2.35. The molecular weight excluding hydrogens is 324 g/mol. The van der Waals surface area contributed by atoms with E-state index in [1.165, 1.54) is 0 Å². The van der Waals surface area contributed by atoms with E-state index in [2.05, 4.69) is 45.4 Å². The molecular formula is C14H15BrN2OS. The maximum absolute atomic E-state index is 5.80. The normalized spacial score (nSPS) is 20.6. The maximum Gasteiger partial charge on any atom is 0.124 e. The van der Waals surface area contributed by atoms with Gasteiger partial charge in [-0.1, -0.05) is 28.1 Å². The first kappa shape index (κ1) is 13.2. The van der Waals surface area contributed by atoms with Crippen molar-refractivity contribution in [2.45, 2.75) is 6.10 Å². The Hall–Kier alpha value is -0.750. The number of hydrogen-bond donors (Lipinski definition) is 0. The van der Waals surface area contributed by atoms with E-state index in [-0.39, 0.29) is 6.10 Å². The van der Waals surface area contributed by atoms with E-state index in [1.54, 1.807) is 11.3 Å². The van der Waals surface area contributed by atoms with Crippen LogP contribution < -0.4 is 0 Å². The molecule has 0 aliphatic carbocycles. The Morgan fingerprint density at radius 2 is 2.37 bits per heavy atom. The van der Waals surface area contributed by atoms with E-state index in [0.717, 1.165) is 40.4 Å². The van der Waals surface area contributed by atoms with Crippen molar-refractivity contribution >= 4 is 27.3 Å². The lowest BCUT2D eigenvalue weighted by atomic mass is 10.2. The molecule has 0 amide bonds. The van der Waals surface area contributed by atoms with Gasteiger partial charge in [0.05, 0.1) is 12.3 Å². The first-order chi connectivity index (χ1) is 9.22. The van der Waals surface area contributed by atoms with Gasteiger partial charge in [0.15, 0.2) is 0 Å². The minimum Gasteiger partial charge on any atom is -0.368 e. The van der Waals surface area contributed by atoms with Crippen LogP contribution in [0.4, 0.5) is 0 Å². The molecule has 0 bridgehead atoms. The SMILES string of the molecule is CN1CCOC(c2nc(-c3cccc(Br)c3)cs2)C1.